The van der Waals surface area contributed by atoms with Crippen LogP contribution in [0.3, 0.4) is 0 Å². The van der Waals surface area contributed by atoms with Crippen LogP contribution < -0.4 is 19.5 Å². The average molecular weight is 585 g/mol. The first-order valence-corrected chi connectivity index (χ1v) is 14.3. The number of nitrogens with zero attached hydrogens (tertiary/aromatic N) is 4. The second kappa shape index (κ2) is 11.5. The Hall–Kier alpha value is -4.23. The standard InChI is InChI=1S/C27H25FN4O6S2/c1-36-20-9-8-19(24(14-20)37-2)16-31(26-29-17-30-39-26)40(34,35)21-10-11-23-25(15-21)38-27(33)32(23)22(12-13-28)18-6-4-3-5-7-18/h3-11,14-15,17,22H,12-13,16H2,1-2H3/t22-/m1/s1. The van der Waals surface area contributed by atoms with Gasteiger partial charge >= 0.3 is 5.76 Å². The summed E-state index contributed by atoms with van der Waals surface area (Å²) in [6.07, 6.45) is 1.32. The van der Waals surface area contributed by atoms with E-state index < -0.39 is 28.5 Å². The maximum Gasteiger partial charge on any atom is 0.420 e. The highest BCUT2D eigenvalue weighted by Gasteiger charge is 2.30. The van der Waals surface area contributed by atoms with Gasteiger partial charge in [0.25, 0.3) is 10.0 Å². The first-order valence-electron chi connectivity index (χ1n) is 12.1. The van der Waals surface area contributed by atoms with Gasteiger partial charge in [0.05, 0.1) is 43.9 Å². The highest BCUT2D eigenvalue weighted by atomic mass is 32.2. The smallest absolute Gasteiger partial charge is 0.420 e. The fourth-order valence-electron chi connectivity index (χ4n) is 4.49. The van der Waals surface area contributed by atoms with E-state index in [2.05, 4.69) is 9.36 Å². The second-order valence-electron chi connectivity index (χ2n) is 8.68. The van der Waals surface area contributed by atoms with Crippen molar-refractivity contribution in [2.75, 3.05) is 25.2 Å². The molecule has 2 heterocycles. The molecule has 2 aromatic heterocycles. The number of rotatable bonds is 11. The predicted octanol–water partition coefficient (Wildman–Crippen LogP) is 4.81. The average Bonchev–Trinajstić information content (AvgIpc) is 3.62. The SMILES string of the molecule is COc1ccc(CN(c2ncns2)S(=O)(=O)c2ccc3c(c2)oc(=O)n3[C@H](CCF)c2ccccc2)c(OC)c1. The second-order valence-corrected chi connectivity index (χ2v) is 11.3. The minimum absolute atomic E-state index is 0.0487. The number of fused-ring (bicyclic) bond motifs is 1. The van der Waals surface area contributed by atoms with Crippen molar-refractivity contribution >= 4 is 37.8 Å². The van der Waals surface area contributed by atoms with Gasteiger partial charge in [0.1, 0.15) is 17.8 Å². The summed E-state index contributed by atoms with van der Waals surface area (Å²) >= 11 is 0.917. The van der Waals surface area contributed by atoms with Gasteiger partial charge in [-0.05, 0) is 29.8 Å². The summed E-state index contributed by atoms with van der Waals surface area (Å²) in [5.41, 5.74) is 1.71. The molecular weight excluding hydrogens is 559 g/mol. The number of halogens is 1. The monoisotopic (exact) mass is 584 g/mol. The summed E-state index contributed by atoms with van der Waals surface area (Å²) in [6.45, 7) is -0.767. The van der Waals surface area contributed by atoms with Crippen LogP contribution in [0.15, 0.2) is 87.2 Å². The largest absolute Gasteiger partial charge is 0.497 e. The number of hydrogen-bond acceptors (Lipinski definition) is 9. The molecule has 1 atom stereocenters. The molecule has 0 aliphatic carbocycles. The van der Waals surface area contributed by atoms with Gasteiger partial charge in [-0.2, -0.15) is 4.37 Å². The van der Waals surface area contributed by atoms with E-state index in [-0.39, 0.29) is 28.6 Å². The Labute approximate surface area is 233 Å². The quantitative estimate of drug-likeness (QED) is 0.217. The summed E-state index contributed by atoms with van der Waals surface area (Å²) in [6, 6.07) is 17.7. The van der Waals surface area contributed by atoms with E-state index in [1.165, 1.54) is 43.3 Å². The fourth-order valence-corrected chi connectivity index (χ4v) is 6.64. The molecule has 10 nitrogen and oxygen atoms in total. The van der Waals surface area contributed by atoms with Crippen LogP contribution in [0.2, 0.25) is 0 Å². The van der Waals surface area contributed by atoms with E-state index in [9.17, 15) is 17.6 Å². The van der Waals surface area contributed by atoms with Crippen LogP contribution in [0.4, 0.5) is 9.52 Å². The number of methoxy groups -OCH3 is 2. The van der Waals surface area contributed by atoms with Gasteiger partial charge in [-0.15, -0.1) is 0 Å². The maximum absolute atomic E-state index is 14.0. The number of sulfonamides is 1. The molecule has 0 aliphatic heterocycles. The van der Waals surface area contributed by atoms with E-state index in [0.29, 0.717) is 22.6 Å². The van der Waals surface area contributed by atoms with Crippen LogP contribution in [0, 0.1) is 0 Å². The lowest BCUT2D eigenvalue weighted by molar-refractivity contribution is 0.391. The van der Waals surface area contributed by atoms with E-state index in [0.717, 1.165) is 21.4 Å². The number of oxazole rings is 1. The molecule has 0 bridgehead atoms. The number of anilines is 1. The molecule has 208 valence electrons. The van der Waals surface area contributed by atoms with Crippen molar-refractivity contribution in [1.82, 2.24) is 13.9 Å². The number of aromatic nitrogens is 3. The summed E-state index contributed by atoms with van der Waals surface area (Å²) in [5.74, 6) is 0.274. The van der Waals surface area contributed by atoms with Gasteiger partial charge in [-0.1, -0.05) is 30.3 Å². The summed E-state index contributed by atoms with van der Waals surface area (Å²) in [5, 5.41) is 0.143. The van der Waals surface area contributed by atoms with Gasteiger partial charge in [-0.3, -0.25) is 8.96 Å². The minimum atomic E-state index is -4.22. The molecule has 0 spiro atoms. The van der Waals surface area contributed by atoms with Crippen molar-refractivity contribution in [3.8, 4) is 11.5 Å². The first kappa shape index (κ1) is 27.3. The van der Waals surface area contributed by atoms with Gasteiger partial charge in [0, 0.05) is 35.6 Å². The minimum Gasteiger partial charge on any atom is -0.497 e. The molecule has 0 saturated heterocycles. The van der Waals surface area contributed by atoms with Gasteiger partial charge in [-0.25, -0.2) is 22.5 Å². The Kier molecular flexibility index (Phi) is 7.85. The van der Waals surface area contributed by atoms with Crippen molar-refractivity contribution in [2.45, 2.75) is 23.9 Å². The molecule has 3 aromatic carbocycles. The fraction of sp³-hybridized carbons (Fsp3) is 0.222. The van der Waals surface area contributed by atoms with Crippen molar-refractivity contribution < 1.29 is 26.7 Å². The Morgan fingerprint density at radius 3 is 2.55 bits per heavy atom. The van der Waals surface area contributed by atoms with Crippen LogP contribution in [-0.2, 0) is 16.6 Å². The Morgan fingerprint density at radius 2 is 1.88 bits per heavy atom. The normalized spacial score (nSPS) is 12.4. The van der Waals surface area contributed by atoms with E-state index >= 15 is 0 Å². The summed E-state index contributed by atoms with van der Waals surface area (Å²) < 4.78 is 64.1. The summed E-state index contributed by atoms with van der Waals surface area (Å²) in [7, 11) is -1.22. The third-order valence-corrected chi connectivity index (χ3v) is 8.96. The molecule has 0 unspecified atom stereocenters. The molecule has 5 rings (SSSR count). The third kappa shape index (κ3) is 5.17. The van der Waals surface area contributed by atoms with E-state index in [1.807, 2.05) is 6.07 Å². The number of hydrogen-bond donors (Lipinski definition) is 0. The Balaban J connectivity index is 1.57. The van der Waals surface area contributed by atoms with Gasteiger partial charge < -0.3 is 13.9 Å². The molecule has 0 aliphatic rings. The topological polar surface area (TPSA) is 117 Å². The Morgan fingerprint density at radius 1 is 1.07 bits per heavy atom. The lowest BCUT2D eigenvalue weighted by Crippen LogP contribution is -2.30. The molecule has 5 aromatic rings. The number of ether oxygens (including phenoxy) is 2. The van der Waals surface area contributed by atoms with Crippen molar-refractivity contribution in [2.24, 2.45) is 0 Å². The zero-order valence-corrected chi connectivity index (χ0v) is 23.2. The van der Waals surface area contributed by atoms with E-state index in [1.54, 1.807) is 42.5 Å². The van der Waals surface area contributed by atoms with Crippen LogP contribution >= 0.6 is 11.5 Å². The van der Waals surface area contributed by atoms with Crippen molar-refractivity contribution in [3.05, 3.63) is 94.7 Å². The molecule has 0 N–H and O–H groups in total. The Bertz CT molecular complexity index is 1770. The van der Waals surface area contributed by atoms with Crippen LogP contribution in [0.1, 0.15) is 23.6 Å². The van der Waals surface area contributed by atoms with Crippen LogP contribution in [-0.4, -0.2) is 43.2 Å². The van der Waals surface area contributed by atoms with Crippen LogP contribution in [0.5, 0.6) is 11.5 Å². The lowest BCUT2D eigenvalue weighted by atomic mass is 10.0. The zero-order valence-electron chi connectivity index (χ0n) is 21.6. The van der Waals surface area contributed by atoms with Gasteiger partial charge in [0.15, 0.2) is 5.58 Å². The van der Waals surface area contributed by atoms with Crippen molar-refractivity contribution in [1.29, 1.82) is 0 Å². The first-order chi connectivity index (χ1) is 19.4. The molecule has 40 heavy (non-hydrogen) atoms. The van der Waals surface area contributed by atoms with E-state index in [4.69, 9.17) is 13.9 Å². The maximum atomic E-state index is 14.0. The molecular formula is C27H25FN4O6S2. The molecule has 0 fully saturated rings. The molecule has 0 radical (unpaired) electrons. The number of alkyl halides is 1. The van der Waals surface area contributed by atoms with Crippen LogP contribution in [0.25, 0.3) is 11.1 Å². The molecule has 0 amide bonds. The molecule has 0 saturated carbocycles. The lowest BCUT2D eigenvalue weighted by Gasteiger charge is -2.22. The third-order valence-electron chi connectivity index (χ3n) is 6.42. The predicted molar refractivity (Wildman–Crippen MR) is 148 cm³/mol. The number of benzene rings is 3. The highest BCUT2D eigenvalue weighted by molar-refractivity contribution is 7.93. The summed E-state index contributed by atoms with van der Waals surface area (Å²) in [4.78, 5) is 17.0. The zero-order chi connectivity index (χ0) is 28.3. The highest BCUT2D eigenvalue weighted by Crippen LogP contribution is 2.33. The molecule has 13 heteroatoms. The van der Waals surface area contributed by atoms with Crippen molar-refractivity contribution in [3.63, 3.8) is 0 Å². The van der Waals surface area contributed by atoms with Gasteiger partial charge in [0.2, 0.25) is 5.13 Å².